The van der Waals surface area contributed by atoms with E-state index in [-0.39, 0.29) is 29.4 Å². The zero-order chi connectivity index (χ0) is 17.9. The monoisotopic (exact) mass is 382 g/mol. The number of thiazole rings is 1. The number of rotatable bonds is 6. The van der Waals surface area contributed by atoms with Gasteiger partial charge < -0.3 is 5.32 Å². The van der Waals surface area contributed by atoms with Gasteiger partial charge in [-0.3, -0.25) is 4.79 Å². The van der Waals surface area contributed by atoms with Gasteiger partial charge >= 0.3 is 0 Å². The molecular weight excluding hydrogens is 363 g/mol. The van der Waals surface area contributed by atoms with Crippen LogP contribution in [0.1, 0.15) is 36.3 Å². The molecule has 8 heteroatoms. The van der Waals surface area contributed by atoms with Gasteiger partial charge in [-0.25, -0.2) is 17.8 Å². The minimum atomic E-state index is -3.51. The van der Waals surface area contributed by atoms with E-state index < -0.39 is 15.7 Å². The molecule has 0 aliphatic heterocycles. The van der Waals surface area contributed by atoms with Crippen LogP contribution in [0, 0.1) is 5.82 Å². The van der Waals surface area contributed by atoms with Crippen LogP contribution in [0.3, 0.4) is 0 Å². The Morgan fingerprint density at radius 1 is 1.20 bits per heavy atom. The molecule has 0 fully saturated rings. The Balaban J connectivity index is 1.50. The van der Waals surface area contributed by atoms with Crippen molar-refractivity contribution in [1.82, 2.24) is 4.98 Å². The van der Waals surface area contributed by atoms with Crippen LogP contribution in [0.2, 0.25) is 0 Å². The number of carbonyl (C=O) groups excluding carboxylic acids is 1. The molecule has 2 aromatic rings. The first kappa shape index (κ1) is 18.0. The molecule has 1 aliphatic carbocycles. The van der Waals surface area contributed by atoms with Crippen molar-refractivity contribution in [2.45, 2.75) is 43.4 Å². The minimum absolute atomic E-state index is 0.0712. The molecule has 0 radical (unpaired) electrons. The topological polar surface area (TPSA) is 76.1 Å². The average molecular weight is 382 g/mol. The third-order valence-corrected chi connectivity index (χ3v) is 6.97. The van der Waals surface area contributed by atoms with E-state index in [9.17, 15) is 17.6 Å². The number of hydrogen-bond donors (Lipinski definition) is 1. The highest BCUT2D eigenvalue weighted by Crippen LogP contribution is 2.29. The summed E-state index contributed by atoms with van der Waals surface area (Å²) in [5.41, 5.74) is 1.07. The Bertz CT molecular complexity index is 837. The molecule has 0 saturated carbocycles. The number of carbonyl (C=O) groups is 1. The zero-order valence-corrected chi connectivity index (χ0v) is 15.3. The molecule has 1 aromatic carbocycles. The number of fused-ring (bicyclic) bond motifs is 1. The lowest BCUT2D eigenvalue weighted by Crippen LogP contribution is -2.14. The van der Waals surface area contributed by atoms with Crippen LogP contribution in [-0.2, 0) is 27.5 Å². The summed E-state index contributed by atoms with van der Waals surface area (Å²) in [7, 11) is -3.51. The quantitative estimate of drug-likeness (QED) is 0.778. The van der Waals surface area contributed by atoms with Crippen LogP contribution in [-0.4, -0.2) is 25.1 Å². The second-order valence-electron chi connectivity index (χ2n) is 6.02. The number of nitrogens with one attached hydrogen (secondary N) is 1. The number of amides is 1. The van der Waals surface area contributed by atoms with Gasteiger partial charge in [0.2, 0.25) is 5.91 Å². The fourth-order valence-electron chi connectivity index (χ4n) is 2.77. The summed E-state index contributed by atoms with van der Waals surface area (Å²) in [6.07, 6.45) is 4.56. The van der Waals surface area contributed by atoms with Crippen molar-refractivity contribution < 1.29 is 17.6 Å². The van der Waals surface area contributed by atoms with Crippen LogP contribution in [0.4, 0.5) is 9.52 Å². The van der Waals surface area contributed by atoms with Gasteiger partial charge in [0.15, 0.2) is 15.0 Å². The second kappa shape index (κ2) is 7.61. The third-order valence-electron chi connectivity index (χ3n) is 4.08. The highest BCUT2D eigenvalue weighted by molar-refractivity contribution is 7.91. The highest BCUT2D eigenvalue weighted by Gasteiger charge is 2.18. The molecule has 1 aliphatic rings. The second-order valence-corrected chi connectivity index (χ2v) is 9.21. The Labute approximate surface area is 150 Å². The van der Waals surface area contributed by atoms with Gasteiger partial charge in [-0.15, -0.1) is 11.3 Å². The molecule has 1 amide bonds. The lowest BCUT2D eigenvalue weighted by Gasteiger charge is -2.06. The summed E-state index contributed by atoms with van der Waals surface area (Å²) in [4.78, 5) is 17.7. The number of anilines is 1. The summed E-state index contributed by atoms with van der Waals surface area (Å²) in [5, 5.41) is 3.35. The number of halogens is 1. The van der Waals surface area contributed by atoms with E-state index in [4.69, 9.17) is 0 Å². The smallest absolute Gasteiger partial charge is 0.226 e. The van der Waals surface area contributed by atoms with E-state index in [1.807, 2.05) is 0 Å². The molecule has 0 unspecified atom stereocenters. The minimum Gasteiger partial charge on any atom is -0.302 e. The van der Waals surface area contributed by atoms with Gasteiger partial charge in [0.05, 0.1) is 16.3 Å². The maximum Gasteiger partial charge on any atom is 0.226 e. The lowest BCUT2D eigenvalue weighted by molar-refractivity contribution is -0.116. The molecule has 1 N–H and O–H groups in total. The van der Waals surface area contributed by atoms with Crippen molar-refractivity contribution in [3.05, 3.63) is 40.7 Å². The molecule has 1 aromatic heterocycles. The van der Waals surface area contributed by atoms with E-state index in [2.05, 4.69) is 10.3 Å². The Morgan fingerprint density at radius 3 is 2.64 bits per heavy atom. The first-order chi connectivity index (χ1) is 11.9. The van der Waals surface area contributed by atoms with Crippen molar-refractivity contribution in [3.8, 4) is 0 Å². The van der Waals surface area contributed by atoms with Gasteiger partial charge in [-0.2, -0.15) is 0 Å². The first-order valence-corrected chi connectivity index (χ1v) is 10.7. The fraction of sp³-hybridized carbons (Fsp3) is 0.412. The van der Waals surface area contributed by atoms with Crippen LogP contribution >= 0.6 is 11.3 Å². The van der Waals surface area contributed by atoms with Crippen molar-refractivity contribution in [2.75, 3.05) is 11.1 Å². The van der Waals surface area contributed by atoms with E-state index in [1.165, 1.54) is 28.3 Å². The van der Waals surface area contributed by atoms with Crippen molar-refractivity contribution >= 4 is 32.2 Å². The molecule has 134 valence electrons. The van der Waals surface area contributed by atoms with Crippen LogP contribution in [0.15, 0.2) is 29.2 Å². The number of aryl methyl sites for hydroxylation is 2. The summed E-state index contributed by atoms with van der Waals surface area (Å²) in [5.74, 6) is -0.870. The molecule has 0 saturated heterocycles. The van der Waals surface area contributed by atoms with Gasteiger partial charge in [-0.05, 0) is 56.4 Å². The third kappa shape index (κ3) is 4.64. The average Bonchev–Trinajstić information content (AvgIpc) is 2.97. The molecule has 1 heterocycles. The predicted octanol–water partition coefficient (Wildman–Crippen LogP) is 3.35. The Kier molecular flexibility index (Phi) is 5.48. The maximum absolute atomic E-state index is 12.9. The Morgan fingerprint density at radius 2 is 1.92 bits per heavy atom. The molecule has 0 bridgehead atoms. The lowest BCUT2D eigenvalue weighted by atomic mass is 10.0. The first-order valence-electron chi connectivity index (χ1n) is 8.21. The molecular formula is C17H19FN2O3S2. The summed E-state index contributed by atoms with van der Waals surface area (Å²) in [6.45, 7) is 0. The van der Waals surface area contributed by atoms with Crippen molar-refractivity contribution in [3.63, 3.8) is 0 Å². The molecule has 0 spiro atoms. The van der Waals surface area contributed by atoms with Crippen LogP contribution in [0.25, 0.3) is 0 Å². The standard InChI is InChI=1S/C17H19FN2O3S2/c18-12-7-9-13(10-8-12)25(22,23)11-3-6-16(21)20-17-19-14-4-1-2-5-15(14)24-17/h7-10H,1-6,11H2,(H,19,20,21). The van der Waals surface area contributed by atoms with Crippen LogP contribution < -0.4 is 5.32 Å². The maximum atomic E-state index is 12.9. The van der Waals surface area contributed by atoms with E-state index >= 15 is 0 Å². The number of benzene rings is 1. The summed E-state index contributed by atoms with van der Waals surface area (Å²) in [6, 6.07) is 4.71. The fourth-order valence-corrected chi connectivity index (χ4v) is 5.15. The van der Waals surface area contributed by atoms with Crippen molar-refractivity contribution in [1.29, 1.82) is 0 Å². The SMILES string of the molecule is O=C(CCCS(=O)(=O)c1ccc(F)cc1)Nc1nc2c(s1)CCCC2. The highest BCUT2D eigenvalue weighted by atomic mass is 32.2. The number of aromatic nitrogens is 1. The molecule has 5 nitrogen and oxygen atoms in total. The largest absolute Gasteiger partial charge is 0.302 e. The van der Waals surface area contributed by atoms with E-state index in [1.54, 1.807) is 0 Å². The Hall–Kier alpha value is -1.80. The predicted molar refractivity (Wildman–Crippen MR) is 95.1 cm³/mol. The van der Waals surface area contributed by atoms with Crippen LogP contribution in [0.5, 0.6) is 0 Å². The number of hydrogen-bond acceptors (Lipinski definition) is 5. The molecule has 25 heavy (non-hydrogen) atoms. The van der Waals surface area contributed by atoms with Gasteiger partial charge in [-0.1, -0.05) is 0 Å². The number of sulfone groups is 1. The number of nitrogens with zero attached hydrogens (tertiary/aromatic N) is 1. The van der Waals surface area contributed by atoms with Gasteiger partial charge in [0.1, 0.15) is 5.82 Å². The molecule has 0 atom stereocenters. The van der Waals surface area contributed by atoms with Gasteiger partial charge in [0.25, 0.3) is 0 Å². The van der Waals surface area contributed by atoms with E-state index in [0.717, 1.165) is 43.5 Å². The van der Waals surface area contributed by atoms with Crippen molar-refractivity contribution in [2.24, 2.45) is 0 Å². The zero-order valence-electron chi connectivity index (χ0n) is 13.6. The van der Waals surface area contributed by atoms with E-state index in [0.29, 0.717) is 5.13 Å². The normalized spacial score (nSPS) is 14.1. The summed E-state index contributed by atoms with van der Waals surface area (Å²) < 4.78 is 37.2. The molecule has 3 rings (SSSR count). The van der Waals surface area contributed by atoms with Gasteiger partial charge in [0, 0.05) is 11.3 Å². The summed E-state index contributed by atoms with van der Waals surface area (Å²) >= 11 is 1.50.